The second-order valence-corrected chi connectivity index (χ2v) is 3.18. The molecule has 1 aromatic rings. The van der Waals surface area contributed by atoms with Gasteiger partial charge < -0.3 is 0 Å². The molecule has 0 aromatic carbocycles. The minimum Gasteiger partial charge on any atom is -0.272 e. The Morgan fingerprint density at radius 1 is 1.55 bits per heavy atom. The molecular weight excluding hydrogens is 136 g/mol. The standard InChI is InChI=1S/C9H16N2/c1-5-11-6-9(7(2)3)8(4)10-11/h6-7H,5H2,1-4H3. The van der Waals surface area contributed by atoms with Crippen LogP contribution in [-0.4, -0.2) is 9.78 Å². The normalized spacial score (nSPS) is 11.0. The average Bonchev–Trinajstić information content (AvgIpc) is 2.30. The molecule has 0 spiro atoms. The van der Waals surface area contributed by atoms with Gasteiger partial charge in [0.05, 0.1) is 5.69 Å². The maximum atomic E-state index is 4.37. The summed E-state index contributed by atoms with van der Waals surface area (Å²) in [5.41, 5.74) is 2.54. The Bertz CT molecular complexity index is 236. The summed E-state index contributed by atoms with van der Waals surface area (Å²) in [4.78, 5) is 0. The Kier molecular flexibility index (Phi) is 2.32. The summed E-state index contributed by atoms with van der Waals surface area (Å²) in [5.74, 6) is 0.593. The van der Waals surface area contributed by atoms with E-state index < -0.39 is 0 Å². The summed E-state index contributed by atoms with van der Waals surface area (Å²) in [6.07, 6.45) is 2.14. The van der Waals surface area contributed by atoms with Crippen LogP contribution in [0.5, 0.6) is 0 Å². The number of rotatable bonds is 2. The lowest BCUT2D eigenvalue weighted by atomic mass is 10.1. The number of nitrogens with zero attached hydrogens (tertiary/aromatic N) is 2. The van der Waals surface area contributed by atoms with Crippen LogP contribution in [0.1, 0.15) is 37.9 Å². The van der Waals surface area contributed by atoms with Crippen LogP contribution < -0.4 is 0 Å². The maximum absolute atomic E-state index is 4.37. The van der Waals surface area contributed by atoms with Gasteiger partial charge in [0.2, 0.25) is 0 Å². The van der Waals surface area contributed by atoms with Crippen molar-refractivity contribution < 1.29 is 0 Å². The summed E-state index contributed by atoms with van der Waals surface area (Å²) in [7, 11) is 0. The molecule has 2 heteroatoms. The van der Waals surface area contributed by atoms with E-state index in [0.717, 1.165) is 6.54 Å². The molecule has 0 unspecified atom stereocenters. The van der Waals surface area contributed by atoms with Gasteiger partial charge in [0.25, 0.3) is 0 Å². The van der Waals surface area contributed by atoms with Crippen LogP contribution in [0.15, 0.2) is 6.20 Å². The van der Waals surface area contributed by atoms with Crippen LogP contribution in [0.2, 0.25) is 0 Å². The number of hydrogen-bond donors (Lipinski definition) is 0. The summed E-state index contributed by atoms with van der Waals surface area (Å²) >= 11 is 0. The molecule has 2 nitrogen and oxygen atoms in total. The van der Waals surface area contributed by atoms with Crippen molar-refractivity contribution in [2.24, 2.45) is 0 Å². The van der Waals surface area contributed by atoms with Crippen LogP contribution in [0, 0.1) is 6.92 Å². The molecule has 11 heavy (non-hydrogen) atoms. The Balaban J connectivity index is 2.97. The van der Waals surface area contributed by atoms with E-state index in [4.69, 9.17) is 0 Å². The highest BCUT2D eigenvalue weighted by Gasteiger charge is 2.06. The maximum Gasteiger partial charge on any atom is 0.0628 e. The van der Waals surface area contributed by atoms with Crippen LogP contribution in [0.25, 0.3) is 0 Å². The van der Waals surface area contributed by atoms with Gasteiger partial charge in [-0.1, -0.05) is 13.8 Å². The van der Waals surface area contributed by atoms with Gasteiger partial charge in [0.15, 0.2) is 0 Å². The summed E-state index contributed by atoms with van der Waals surface area (Å²) in [6, 6.07) is 0. The zero-order chi connectivity index (χ0) is 8.43. The van der Waals surface area contributed by atoms with Crippen molar-refractivity contribution in [1.29, 1.82) is 0 Å². The topological polar surface area (TPSA) is 17.8 Å². The fraction of sp³-hybridized carbons (Fsp3) is 0.667. The number of aryl methyl sites for hydroxylation is 2. The molecule has 1 rings (SSSR count). The van der Waals surface area contributed by atoms with Gasteiger partial charge >= 0.3 is 0 Å². The van der Waals surface area contributed by atoms with Crippen LogP contribution >= 0.6 is 0 Å². The lowest BCUT2D eigenvalue weighted by Crippen LogP contribution is -1.93. The molecule has 1 heterocycles. The smallest absolute Gasteiger partial charge is 0.0628 e. The van der Waals surface area contributed by atoms with Crippen molar-refractivity contribution in [3.8, 4) is 0 Å². The molecule has 62 valence electrons. The number of aromatic nitrogens is 2. The van der Waals surface area contributed by atoms with Crippen molar-refractivity contribution in [2.75, 3.05) is 0 Å². The van der Waals surface area contributed by atoms with Gasteiger partial charge in [-0.2, -0.15) is 5.10 Å². The van der Waals surface area contributed by atoms with Gasteiger partial charge in [-0.3, -0.25) is 4.68 Å². The highest BCUT2D eigenvalue weighted by molar-refractivity contribution is 5.18. The third kappa shape index (κ3) is 1.62. The zero-order valence-corrected chi connectivity index (χ0v) is 7.76. The SMILES string of the molecule is CCn1cc(C(C)C)c(C)n1. The predicted molar refractivity (Wildman–Crippen MR) is 46.7 cm³/mol. The van der Waals surface area contributed by atoms with Gasteiger partial charge in [0, 0.05) is 12.7 Å². The molecule has 0 atom stereocenters. The second-order valence-electron chi connectivity index (χ2n) is 3.18. The molecule has 0 amide bonds. The zero-order valence-electron chi connectivity index (χ0n) is 7.76. The quantitative estimate of drug-likeness (QED) is 0.636. The molecule has 0 saturated carbocycles. The number of hydrogen-bond acceptors (Lipinski definition) is 1. The molecule has 0 saturated heterocycles. The minimum absolute atomic E-state index is 0.593. The Morgan fingerprint density at radius 3 is 2.45 bits per heavy atom. The fourth-order valence-electron chi connectivity index (χ4n) is 1.26. The van der Waals surface area contributed by atoms with Crippen LogP contribution in [-0.2, 0) is 6.54 Å². The first-order chi connectivity index (χ1) is 5.15. The molecule has 0 radical (unpaired) electrons. The first kappa shape index (κ1) is 8.31. The van der Waals surface area contributed by atoms with E-state index in [9.17, 15) is 0 Å². The molecule has 0 bridgehead atoms. The van der Waals surface area contributed by atoms with Crippen molar-refractivity contribution in [3.63, 3.8) is 0 Å². The fourth-order valence-corrected chi connectivity index (χ4v) is 1.26. The highest BCUT2D eigenvalue weighted by atomic mass is 15.3. The summed E-state index contributed by atoms with van der Waals surface area (Å²) in [6.45, 7) is 9.54. The van der Waals surface area contributed by atoms with E-state index in [1.807, 2.05) is 4.68 Å². The Hall–Kier alpha value is -0.790. The van der Waals surface area contributed by atoms with Crippen molar-refractivity contribution in [2.45, 2.75) is 40.2 Å². The average molecular weight is 152 g/mol. The van der Waals surface area contributed by atoms with Crippen LogP contribution in [0.4, 0.5) is 0 Å². The summed E-state index contributed by atoms with van der Waals surface area (Å²) < 4.78 is 1.99. The first-order valence-electron chi connectivity index (χ1n) is 4.19. The highest BCUT2D eigenvalue weighted by Crippen LogP contribution is 2.16. The van der Waals surface area contributed by atoms with E-state index in [1.54, 1.807) is 0 Å². The molecule has 1 aromatic heterocycles. The third-order valence-electron chi connectivity index (χ3n) is 1.93. The molecule has 0 aliphatic rings. The van der Waals surface area contributed by atoms with E-state index in [-0.39, 0.29) is 0 Å². The van der Waals surface area contributed by atoms with E-state index >= 15 is 0 Å². The minimum atomic E-state index is 0.593. The van der Waals surface area contributed by atoms with E-state index in [2.05, 4.69) is 39.0 Å². The van der Waals surface area contributed by atoms with Crippen LogP contribution in [0.3, 0.4) is 0 Å². The largest absolute Gasteiger partial charge is 0.272 e. The molecule has 0 fully saturated rings. The lowest BCUT2D eigenvalue weighted by molar-refractivity contribution is 0.653. The second kappa shape index (κ2) is 3.07. The Labute approximate surface area is 68.2 Å². The molecule has 0 N–H and O–H groups in total. The molecular formula is C9H16N2. The van der Waals surface area contributed by atoms with Crippen molar-refractivity contribution >= 4 is 0 Å². The molecule has 0 aliphatic carbocycles. The third-order valence-corrected chi connectivity index (χ3v) is 1.93. The monoisotopic (exact) mass is 152 g/mol. The van der Waals surface area contributed by atoms with Crippen molar-refractivity contribution in [3.05, 3.63) is 17.5 Å². The Morgan fingerprint density at radius 2 is 2.18 bits per heavy atom. The first-order valence-corrected chi connectivity index (χ1v) is 4.19. The predicted octanol–water partition coefficient (Wildman–Crippen LogP) is 2.33. The van der Waals surface area contributed by atoms with E-state index in [0.29, 0.717) is 5.92 Å². The lowest BCUT2D eigenvalue weighted by Gasteiger charge is -1.99. The van der Waals surface area contributed by atoms with Gasteiger partial charge in [-0.05, 0) is 25.3 Å². The van der Waals surface area contributed by atoms with Crippen molar-refractivity contribution in [1.82, 2.24) is 9.78 Å². The summed E-state index contributed by atoms with van der Waals surface area (Å²) in [5, 5.41) is 4.37. The van der Waals surface area contributed by atoms with Gasteiger partial charge in [0.1, 0.15) is 0 Å². The molecule has 0 aliphatic heterocycles. The van der Waals surface area contributed by atoms with Gasteiger partial charge in [-0.15, -0.1) is 0 Å². The van der Waals surface area contributed by atoms with Gasteiger partial charge in [-0.25, -0.2) is 0 Å². The van der Waals surface area contributed by atoms with E-state index in [1.165, 1.54) is 11.3 Å².